The van der Waals surface area contributed by atoms with Gasteiger partial charge in [0, 0.05) is 17.5 Å². The van der Waals surface area contributed by atoms with Gasteiger partial charge in [0.15, 0.2) is 0 Å². The molecule has 0 bridgehead atoms. The van der Waals surface area contributed by atoms with E-state index in [9.17, 15) is 0 Å². The van der Waals surface area contributed by atoms with Crippen molar-refractivity contribution in [3.05, 3.63) is 29.8 Å². The summed E-state index contributed by atoms with van der Waals surface area (Å²) in [6.07, 6.45) is 6.94. The van der Waals surface area contributed by atoms with Crippen LogP contribution in [0.1, 0.15) is 50.6 Å². The first-order chi connectivity index (χ1) is 8.77. The van der Waals surface area contributed by atoms with Gasteiger partial charge in [0.2, 0.25) is 0 Å². The van der Waals surface area contributed by atoms with E-state index in [4.69, 9.17) is 0 Å². The van der Waals surface area contributed by atoms with Gasteiger partial charge in [-0.25, -0.2) is 0 Å². The summed E-state index contributed by atoms with van der Waals surface area (Å²) in [5.74, 6) is 1.26. The van der Waals surface area contributed by atoms with Crippen molar-refractivity contribution in [3.63, 3.8) is 0 Å². The Bertz CT molecular complexity index is 409. The van der Waals surface area contributed by atoms with Crippen LogP contribution in [-0.4, -0.2) is 12.3 Å². The molecule has 1 atom stereocenters. The summed E-state index contributed by atoms with van der Waals surface area (Å²) in [4.78, 5) is 1.48. The van der Waals surface area contributed by atoms with E-state index >= 15 is 0 Å². The molecule has 0 saturated heterocycles. The minimum absolute atomic E-state index is 0.555. The molecule has 2 aliphatic rings. The summed E-state index contributed by atoms with van der Waals surface area (Å²) in [7, 11) is 0. The predicted molar refractivity (Wildman–Crippen MR) is 79.1 cm³/mol. The van der Waals surface area contributed by atoms with Crippen LogP contribution in [0.25, 0.3) is 0 Å². The fraction of sp³-hybridized carbons (Fsp3) is 0.625. The van der Waals surface area contributed by atoms with E-state index < -0.39 is 0 Å². The van der Waals surface area contributed by atoms with Crippen molar-refractivity contribution in [2.24, 2.45) is 5.41 Å². The van der Waals surface area contributed by atoms with E-state index in [0.717, 1.165) is 0 Å². The van der Waals surface area contributed by atoms with Crippen LogP contribution in [0.4, 0.5) is 0 Å². The smallest absolute Gasteiger partial charge is 0.0339 e. The van der Waals surface area contributed by atoms with Gasteiger partial charge in [0.25, 0.3) is 0 Å². The number of benzene rings is 1. The third kappa shape index (κ3) is 2.60. The Morgan fingerprint density at radius 3 is 2.89 bits per heavy atom. The monoisotopic (exact) mass is 261 g/mol. The lowest BCUT2D eigenvalue weighted by Gasteiger charge is -2.31. The second-order valence-electron chi connectivity index (χ2n) is 6.13. The molecule has 18 heavy (non-hydrogen) atoms. The number of thioether (sulfide) groups is 1. The first-order valence-corrected chi connectivity index (χ1v) is 8.21. The van der Waals surface area contributed by atoms with Crippen molar-refractivity contribution in [1.82, 2.24) is 5.32 Å². The van der Waals surface area contributed by atoms with E-state index in [1.54, 1.807) is 0 Å². The topological polar surface area (TPSA) is 12.0 Å². The Kier molecular flexibility index (Phi) is 3.67. The van der Waals surface area contributed by atoms with Crippen LogP contribution in [0.3, 0.4) is 0 Å². The Morgan fingerprint density at radius 1 is 1.28 bits per heavy atom. The van der Waals surface area contributed by atoms with Crippen molar-refractivity contribution in [3.8, 4) is 0 Å². The fourth-order valence-electron chi connectivity index (χ4n) is 3.33. The van der Waals surface area contributed by atoms with E-state index in [-0.39, 0.29) is 0 Å². The highest BCUT2D eigenvalue weighted by Crippen LogP contribution is 2.39. The number of hydrogen-bond donors (Lipinski definition) is 1. The highest BCUT2D eigenvalue weighted by Gasteiger charge is 2.30. The lowest BCUT2D eigenvalue weighted by Crippen LogP contribution is -2.33. The van der Waals surface area contributed by atoms with E-state index in [0.29, 0.717) is 11.5 Å². The maximum absolute atomic E-state index is 3.85. The van der Waals surface area contributed by atoms with Gasteiger partial charge in [-0.05, 0) is 42.1 Å². The van der Waals surface area contributed by atoms with Crippen LogP contribution >= 0.6 is 11.8 Å². The van der Waals surface area contributed by atoms with Crippen molar-refractivity contribution < 1.29 is 0 Å². The molecule has 1 aliphatic carbocycles. The second kappa shape index (κ2) is 5.26. The van der Waals surface area contributed by atoms with Crippen LogP contribution in [0.5, 0.6) is 0 Å². The Morgan fingerprint density at radius 2 is 2.06 bits per heavy atom. The molecule has 0 aromatic heterocycles. The number of nitrogens with one attached hydrogen (secondary N) is 1. The Balaban J connectivity index is 1.67. The van der Waals surface area contributed by atoms with Gasteiger partial charge < -0.3 is 5.32 Å². The molecule has 1 saturated carbocycles. The summed E-state index contributed by atoms with van der Waals surface area (Å²) in [5.41, 5.74) is 2.08. The van der Waals surface area contributed by atoms with Gasteiger partial charge in [-0.1, -0.05) is 38.0 Å². The molecule has 3 rings (SSSR count). The van der Waals surface area contributed by atoms with Crippen LogP contribution in [0.2, 0.25) is 0 Å². The predicted octanol–water partition coefficient (Wildman–Crippen LogP) is 4.39. The highest BCUT2D eigenvalue weighted by molar-refractivity contribution is 7.99. The fourth-order valence-corrected chi connectivity index (χ4v) is 4.45. The summed E-state index contributed by atoms with van der Waals surface area (Å²) in [6, 6.07) is 9.49. The first-order valence-electron chi connectivity index (χ1n) is 7.22. The van der Waals surface area contributed by atoms with Crippen LogP contribution in [-0.2, 0) is 0 Å². The molecule has 1 aromatic carbocycles. The molecular weight excluding hydrogens is 238 g/mol. The zero-order valence-corrected chi connectivity index (χ0v) is 12.1. The van der Waals surface area contributed by atoms with E-state index in [1.165, 1.54) is 54.9 Å². The normalized spacial score (nSPS) is 25.9. The molecular formula is C16H23NS. The molecule has 1 fully saturated rings. The third-order valence-corrected chi connectivity index (χ3v) is 5.67. The summed E-state index contributed by atoms with van der Waals surface area (Å²) < 4.78 is 0. The molecule has 1 aromatic rings. The zero-order valence-electron chi connectivity index (χ0n) is 11.2. The molecule has 1 N–H and O–H groups in total. The lowest BCUT2D eigenvalue weighted by atomic mass is 9.88. The highest BCUT2D eigenvalue weighted by atomic mass is 32.2. The minimum atomic E-state index is 0.555. The standard InChI is InChI=1S/C16H23NS/c1-16(9-4-5-10-16)12-17-14-8-11-18-15-7-3-2-6-13(14)15/h2-3,6-7,14,17H,4-5,8-12H2,1H3. The van der Waals surface area contributed by atoms with Crippen LogP contribution in [0, 0.1) is 5.41 Å². The number of fused-ring (bicyclic) bond motifs is 1. The maximum atomic E-state index is 3.85. The Hall–Kier alpha value is -0.470. The van der Waals surface area contributed by atoms with Crippen LogP contribution < -0.4 is 5.32 Å². The molecule has 1 unspecified atom stereocenters. The Labute approximate surface area is 115 Å². The van der Waals surface area contributed by atoms with Gasteiger partial charge in [-0.2, -0.15) is 0 Å². The molecule has 0 spiro atoms. The van der Waals surface area contributed by atoms with E-state index in [1.807, 2.05) is 11.8 Å². The zero-order chi connectivity index (χ0) is 12.4. The van der Waals surface area contributed by atoms with Crippen molar-refractivity contribution >= 4 is 11.8 Å². The average Bonchev–Trinajstić information content (AvgIpc) is 2.84. The number of hydrogen-bond acceptors (Lipinski definition) is 2. The summed E-state index contributed by atoms with van der Waals surface area (Å²) in [6.45, 7) is 3.65. The second-order valence-corrected chi connectivity index (χ2v) is 7.26. The van der Waals surface area contributed by atoms with Gasteiger partial charge in [-0.3, -0.25) is 0 Å². The van der Waals surface area contributed by atoms with Gasteiger partial charge in [0.05, 0.1) is 0 Å². The third-order valence-electron chi connectivity index (χ3n) is 4.54. The summed E-state index contributed by atoms with van der Waals surface area (Å²) in [5, 5.41) is 3.85. The van der Waals surface area contributed by atoms with Gasteiger partial charge in [-0.15, -0.1) is 11.8 Å². The molecule has 0 radical (unpaired) electrons. The van der Waals surface area contributed by atoms with Crippen LogP contribution in [0.15, 0.2) is 29.2 Å². The van der Waals surface area contributed by atoms with Gasteiger partial charge in [0.1, 0.15) is 0 Å². The average molecular weight is 261 g/mol. The van der Waals surface area contributed by atoms with Gasteiger partial charge >= 0.3 is 0 Å². The van der Waals surface area contributed by atoms with Crippen molar-refractivity contribution in [2.75, 3.05) is 12.3 Å². The SMILES string of the molecule is CC1(CNC2CCSc3ccccc32)CCCC1. The largest absolute Gasteiger partial charge is 0.309 e. The quantitative estimate of drug-likeness (QED) is 0.866. The first kappa shape index (κ1) is 12.6. The lowest BCUT2D eigenvalue weighted by molar-refractivity contribution is 0.294. The minimum Gasteiger partial charge on any atom is -0.309 e. The maximum Gasteiger partial charge on any atom is 0.0339 e. The summed E-state index contributed by atoms with van der Waals surface area (Å²) >= 11 is 2.01. The molecule has 1 nitrogen and oxygen atoms in total. The number of rotatable bonds is 3. The molecule has 1 heterocycles. The molecule has 2 heteroatoms. The van der Waals surface area contributed by atoms with Crippen molar-refractivity contribution in [2.45, 2.75) is 50.0 Å². The van der Waals surface area contributed by atoms with Crippen molar-refractivity contribution in [1.29, 1.82) is 0 Å². The molecule has 1 aliphatic heterocycles. The molecule has 98 valence electrons. The van der Waals surface area contributed by atoms with E-state index in [2.05, 4.69) is 36.5 Å². The molecule has 0 amide bonds.